The number of nitrogens with one attached hydrogen (secondary N) is 1. The largest absolute Gasteiger partial charge is 0.314 e. The Hall–Kier alpha value is -2.34. The van der Waals surface area contributed by atoms with Gasteiger partial charge in [-0.1, -0.05) is 30.3 Å². The first kappa shape index (κ1) is 15.1. The fourth-order valence-corrected chi connectivity index (χ4v) is 2.92. The van der Waals surface area contributed by atoms with E-state index >= 15 is 0 Å². The lowest BCUT2D eigenvalue weighted by atomic mass is 10.2. The molecule has 21 heavy (non-hydrogen) atoms. The van der Waals surface area contributed by atoms with E-state index in [1.165, 1.54) is 24.0 Å². The zero-order valence-electron chi connectivity index (χ0n) is 11.8. The molecule has 5 nitrogen and oxygen atoms in total. The Kier molecular flexibility index (Phi) is 4.28. The van der Waals surface area contributed by atoms with Crippen LogP contribution in [0.15, 0.2) is 59.5 Å². The summed E-state index contributed by atoms with van der Waals surface area (Å²) in [6.45, 7) is 1.42. The van der Waals surface area contributed by atoms with Gasteiger partial charge in [-0.3, -0.25) is 9.52 Å². The molecule has 0 fully saturated rings. The van der Waals surface area contributed by atoms with Crippen LogP contribution in [-0.4, -0.2) is 21.4 Å². The zero-order valence-corrected chi connectivity index (χ0v) is 12.6. The molecule has 1 N–H and O–H groups in total. The summed E-state index contributed by atoms with van der Waals surface area (Å²) in [7, 11) is -2.09. The van der Waals surface area contributed by atoms with Crippen molar-refractivity contribution in [3.05, 3.63) is 54.6 Å². The number of sulfonamides is 1. The molecule has 0 spiro atoms. The fraction of sp³-hybridized carbons (Fsp3) is 0.133. The van der Waals surface area contributed by atoms with Crippen LogP contribution >= 0.6 is 0 Å². The fourth-order valence-electron chi connectivity index (χ4n) is 1.83. The van der Waals surface area contributed by atoms with Crippen LogP contribution in [0.1, 0.15) is 6.92 Å². The molecule has 0 aromatic heterocycles. The second-order valence-electron chi connectivity index (χ2n) is 4.51. The quantitative estimate of drug-likeness (QED) is 0.943. The van der Waals surface area contributed by atoms with Crippen LogP contribution in [0.25, 0.3) is 0 Å². The van der Waals surface area contributed by atoms with Crippen LogP contribution in [0.2, 0.25) is 0 Å². The van der Waals surface area contributed by atoms with E-state index in [9.17, 15) is 13.2 Å². The van der Waals surface area contributed by atoms with Crippen molar-refractivity contribution in [1.82, 2.24) is 0 Å². The molecule has 2 rings (SSSR count). The van der Waals surface area contributed by atoms with Gasteiger partial charge in [-0.2, -0.15) is 0 Å². The summed E-state index contributed by atoms with van der Waals surface area (Å²) in [5, 5.41) is 0. The van der Waals surface area contributed by atoms with E-state index in [0.717, 1.165) is 0 Å². The molecule has 0 aliphatic carbocycles. The van der Waals surface area contributed by atoms with Gasteiger partial charge in [0.1, 0.15) is 0 Å². The molecule has 0 aliphatic heterocycles. The topological polar surface area (TPSA) is 66.5 Å². The molecule has 6 heteroatoms. The highest BCUT2D eigenvalue weighted by Crippen LogP contribution is 2.27. The third-order valence-electron chi connectivity index (χ3n) is 3.04. The third-order valence-corrected chi connectivity index (χ3v) is 4.42. The Labute approximate surface area is 124 Å². The van der Waals surface area contributed by atoms with Gasteiger partial charge in [0.05, 0.1) is 16.3 Å². The van der Waals surface area contributed by atoms with E-state index < -0.39 is 10.0 Å². The number of hydrogen-bond acceptors (Lipinski definition) is 3. The lowest BCUT2D eigenvalue weighted by molar-refractivity contribution is -0.116. The third kappa shape index (κ3) is 3.41. The Balaban J connectivity index is 2.39. The van der Waals surface area contributed by atoms with E-state index in [1.807, 2.05) is 0 Å². The number of hydrogen-bond donors (Lipinski definition) is 1. The molecule has 0 saturated heterocycles. The van der Waals surface area contributed by atoms with E-state index in [2.05, 4.69) is 4.72 Å². The maximum atomic E-state index is 12.3. The SMILES string of the molecule is CC(=O)N(C)c1ccccc1NS(=O)(=O)c1ccccc1. The number of nitrogens with zero attached hydrogens (tertiary/aromatic N) is 1. The van der Waals surface area contributed by atoms with Crippen molar-refractivity contribution in [2.75, 3.05) is 16.7 Å². The van der Waals surface area contributed by atoms with Crippen molar-refractivity contribution in [2.45, 2.75) is 11.8 Å². The van der Waals surface area contributed by atoms with Crippen LogP contribution in [0.5, 0.6) is 0 Å². The first-order valence-corrected chi connectivity index (χ1v) is 7.81. The maximum absolute atomic E-state index is 12.3. The molecule has 0 bridgehead atoms. The lowest BCUT2D eigenvalue weighted by Gasteiger charge is -2.19. The Morgan fingerprint density at radius 3 is 2.19 bits per heavy atom. The average Bonchev–Trinajstić information content (AvgIpc) is 2.47. The predicted molar refractivity (Wildman–Crippen MR) is 82.8 cm³/mol. The Bertz CT molecular complexity index is 743. The summed E-state index contributed by atoms with van der Waals surface area (Å²) in [6, 6.07) is 14.8. The van der Waals surface area contributed by atoms with Gasteiger partial charge in [0.2, 0.25) is 5.91 Å². The molecule has 1 amide bonds. The number of para-hydroxylation sites is 2. The van der Waals surface area contributed by atoms with Crippen LogP contribution in [0.4, 0.5) is 11.4 Å². The van der Waals surface area contributed by atoms with Crippen LogP contribution in [-0.2, 0) is 14.8 Å². The molecular formula is C15H16N2O3S. The normalized spacial score (nSPS) is 11.0. The molecular weight excluding hydrogens is 288 g/mol. The first-order chi connectivity index (χ1) is 9.92. The predicted octanol–water partition coefficient (Wildman–Crippen LogP) is 2.47. The van der Waals surface area contributed by atoms with Crippen LogP contribution in [0.3, 0.4) is 0 Å². The molecule has 0 aliphatic rings. The molecule has 0 radical (unpaired) electrons. The van der Waals surface area contributed by atoms with Gasteiger partial charge in [-0.05, 0) is 24.3 Å². The van der Waals surface area contributed by atoms with Crippen LogP contribution < -0.4 is 9.62 Å². The zero-order chi connectivity index (χ0) is 15.5. The summed E-state index contributed by atoms with van der Waals surface area (Å²) in [4.78, 5) is 13.0. The minimum Gasteiger partial charge on any atom is -0.314 e. The van der Waals surface area contributed by atoms with Crippen molar-refractivity contribution in [3.63, 3.8) is 0 Å². The number of benzene rings is 2. The summed E-state index contributed by atoms with van der Waals surface area (Å²) in [6.07, 6.45) is 0. The average molecular weight is 304 g/mol. The van der Waals surface area contributed by atoms with Gasteiger partial charge in [-0.15, -0.1) is 0 Å². The van der Waals surface area contributed by atoms with Crippen molar-refractivity contribution in [1.29, 1.82) is 0 Å². The van der Waals surface area contributed by atoms with Crippen molar-refractivity contribution < 1.29 is 13.2 Å². The summed E-state index contributed by atoms with van der Waals surface area (Å²) in [5.41, 5.74) is 0.864. The monoisotopic (exact) mass is 304 g/mol. The standard InChI is InChI=1S/C15H16N2O3S/c1-12(18)17(2)15-11-7-6-10-14(15)16-21(19,20)13-8-4-3-5-9-13/h3-11,16H,1-2H3. The number of anilines is 2. The summed E-state index contributed by atoms with van der Waals surface area (Å²) >= 11 is 0. The minimum absolute atomic E-state index is 0.172. The molecule has 2 aromatic rings. The lowest BCUT2D eigenvalue weighted by Crippen LogP contribution is -2.24. The van der Waals surface area contributed by atoms with Crippen molar-refractivity contribution in [3.8, 4) is 0 Å². The molecule has 2 aromatic carbocycles. The Morgan fingerprint density at radius 1 is 1.00 bits per heavy atom. The molecule has 110 valence electrons. The van der Waals surface area contributed by atoms with E-state index in [4.69, 9.17) is 0 Å². The summed E-state index contributed by atoms with van der Waals surface area (Å²) < 4.78 is 27.2. The van der Waals surface area contributed by atoms with Crippen molar-refractivity contribution >= 4 is 27.3 Å². The van der Waals surface area contributed by atoms with E-state index in [1.54, 1.807) is 49.5 Å². The van der Waals surface area contributed by atoms with Crippen LogP contribution in [0, 0.1) is 0 Å². The minimum atomic E-state index is -3.68. The highest BCUT2D eigenvalue weighted by atomic mass is 32.2. The number of carbonyl (C=O) groups excluding carboxylic acids is 1. The van der Waals surface area contributed by atoms with Gasteiger partial charge >= 0.3 is 0 Å². The van der Waals surface area contributed by atoms with Gasteiger partial charge in [0.15, 0.2) is 0 Å². The second-order valence-corrected chi connectivity index (χ2v) is 6.20. The van der Waals surface area contributed by atoms with Crippen molar-refractivity contribution in [2.24, 2.45) is 0 Å². The van der Waals surface area contributed by atoms with Gasteiger partial charge in [0.25, 0.3) is 10.0 Å². The van der Waals surface area contributed by atoms with E-state index in [-0.39, 0.29) is 10.8 Å². The molecule has 0 unspecified atom stereocenters. The Morgan fingerprint density at radius 2 is 1.57 bits per heavy atom. The maximum Gasteiger partial charge on any atom is 0.261 e. The molecule has 0 heterocycles. The van der Waals surface area contributed by atoms with Gasteiger partial charge in [-0.25, -0.2) is 8.42 Å². The number of rotatable bonds is 4. The highest BCUT2D eigenvalue weighted by molar-refractivity contribution is 7.92. The first-order valence-electron chi connectivity index (χ1n) is 6.33. The van der Waals surface area contributed by atoms with E-state index in [0.29, 0.717) is 11.4 Å². The highest BCUT2D eigenvalue weighted by Gasteiger charge is 2.17. The summed E-state index contributed by atoms with van der Waals surface area (Å²) in [5.74, 6) is -0.179. The number of carbonyl (C=O) groups is 1. The smallest absolute Gasteiger partial charge is 0.261 e. The van der Waals surface area contributed by atoms with Gasteiger partial charge in [0, 0.05) is 14.0 Å². The van der Waals surface area contributed by atoms with Gasteiger partial charge < -0.3 is 4.90 Å². The second kappa shape index (κ2) is 5.97. The molecule has 0 atom stereocenters. The number of amides is 1. The molecule has 0 saturated carbocycles.